The van der Waals surface area contributed by atoms with Gasteiger partial charge in [-0.15, -0.1) is 0 Å². The van der Waals surface area contributed by atoms with Gasteiger partial charge in [-0.05, 0) is 55.4 Å². The Morgan fingerprint density at radius 3 is 2.45 bits per heavy atom. The lowest BCUT2D eigenvalue weighted by Crippen LogP contribution is -2.31. The molecule has 1 atom stereocenters. The number of nitrogens with zero attached hydrogens (tertiary/aromatic N) is 2. The Hall–Kier alpha value is -2.65. The van der Waals surface area contributed by atoms with Crippen molar-refractivity contribution in [2.75, 3.05) is 19.7 Å². The fourth-order valence-corrected chi connectivity index (χ4v) is 5.71. The molecule has 3 rings (SSSR count). The molecule has 33 heavy (non-hydrogen) atoms. The number of esters is 1. The molecule has 1 unspecified atom stereocenters. The number of ether oxygens (including phenoxy) is 1. The Labute approximate surface area is 196 Å². The van der Waals surface area contributed by atoms with Crippen LogP contribution in [0.3, 0.4) is 0 Å². The van der Waals surface area contributed by atoms with Gasteiger partial charge in [0.15, 0.2) is 6.61 Å². The van der Waals surface area contributed by atoms with Crippen molar-refractivity contribution in [3.8, 4) is 0 Å². The molecule has 0 saturated heterocycles. The summed E-state index contributed by atoms with van der Waals surface area (Å²) in [6, 6.07) is 7.37. The molecule has 8 nitrogen and oxygen atoms in total. The number of hydrogen-bond acceptors (Lipinski definition) is 5. The number of aromatic nitrogens is 1. The smallest absolute Gasteiger partial charge is 0.355 e. The average molecular weight is 476 g/mol. The maximum Gasteiger partial charge on any atom is 0.355 e. The Kier molecular flexibility index (Phi) is 7.97. The molecule has 0 bridgehead atoms. The van der Waals surface area contributed by atoms with Crippen LogP contribution in [0.4, 0.5) is 0 Å². The van der Waals surface area contributed by atoms with Crippen LogP contribution >= 0.6 is 0 Å². The Bertz CT molecular complexity index is 1120. The molecule has 1 aromatic carbocycles. The first-order valence-electron chi connectivity index (χ1n) is 11.4. The number of aryl methyl sites for hydroxylation is 3. The molecule has 1 aliphatic rings. The lowest BCUT2D eigenvalue weighted by Gasteiger charge is -2.20. The molecule has 0 spiro atoms. The van der Waals surface area contributed by atoms with Gasteiger partial charge in [0.2, 0.25) is 10.0 Å². The molecule has 180 valence electrons. The van der Waals surface area contributed by atoms with Crippen LogP contribution < -0.4 is 5.32 Å². The van der Waals surface area contributed by atoms with Gasteiger partial charge in [-0.25, -0.2) is 13.2 Å². The van der Waals surface area contributed by atoms with Crippen molar-refractivity contribution in [2.24, 2.45) is 7.05 Å². The third-order valence-electron chi connectivity index (χ3n) is 6.12. The van der Waals surface area contributed by atoms with E-state index in [9.17, 15) is 18.0 Å². The minimum absolute atomic E-state index is 0.0196. The first-order chi connectivity index (χ1) is 15.7. The topological polar surface area (TPSA) is 97.7 Å². The number of rotatable bonds is 9. The van der Waals surface area contributed by atoms with Gasteiger partial charge in [0.25, 0.3) is 5.91 Å². The van der Waals surface area contributed by atoms with Crippen molar-refractivity contribution in [3.05, 3.63) is 52.8 Å². The van der Waals surface area contributed by atoms with Crippen molar-refractivity contribution in [1.82, 2.24) is 14.2 Å². The summed E-state index contributed by atoms with van der Waals surface area (Å²) >= 11 is 0. The number of nitrogens with one attached hydrogen (secondary N) is 1. The van der Waals surface area contributed by atoms with E-state index in [4.69, 9.17) is 4.74 Å². The van der Waals surface area contributed by atoms with Crippen LogP contribution in [-0.2, 0) is 39.4 Å². The van der Waals surface area contributed by atoms with Crippen molar-refractivity contribution in [1.29, 1.82) is 0 Å². The molecule has 0 aliphatic heterocycles. The second-order valence-electron chi connectivity index (χ2n) is 8.36. The highest BCUT2D eigenvalue weighted by Gasteiger charge is 2.26. The van der Waals surface area contributed by atoms with Crippen LogP contribution in [-0.4, -0.2) is 48.9 Å². The van der Waals surface area contributed by atoms with Gasteiger partial charge in [0, 0.05) is 26.3 Å². The molecule has 0 radical (unpaired) electrons. The Balaban J connectivity index is 1.59. The van der Waals surface area contributed by atoms with Crippen molar-refractivity contribution in [2.45, 2.75) is 57.4 Å². The molecule has 2 aromatic rings. The maximum atomic E-state index is 12.7. The van der Waals surface area contributed by atoms with E-state index in [1.807, 2.05) is 13.0 Å². The van der Waals surface area contributed by atoms with Gasteiger partial charge in [0.05, 0.1) is 6.04 Å². The molecule has 9 heteroatoms. The van der Waals surface area contributed by atoms with Gasteiger partial charge >= 0.3 is 5.97 Å². The van der Waals surface area contributed by atoms with Crippen LogP contribution in [0.5, 0.6) is 0 Å². The third-order valence-corrected chi connectivity index (χ3v) is 8.13. The quantitative estimate of drug-likeness (QED) is 0.563. The summed E-state index contributed by atoms with van der Waals surface area (Å²) in [5.74, 6) is -1.17. The predicted octanol–water partition coefficient (Wildman–Crippen LogP) is 2.97. The first kappa shape index (κ1) is 25.0. The summed E-state index contributed by atoms with van der Waals surface area (Å²) in [6.07, 6.45) is 5.94. The van der Waals surface area contributed by atoms with Gasteiger partial charge in [-0.2, -0.15) is 4.31 Å². The highest BCUT2D eigenvalue weighted by atomic mass is 32.2. The molecular formula is C24H33N3O5S. The zero-order valence-corrected chi connectivity index (χ0v) is 20.6. The highest BCUT2D eigenvalue weighted by molar-refractivity contribution is 7.89. The lowest BCUT2D eigenvalue weighted by molar-refractivity contribution is -0.124. The summed E-state index contributed by atoms with van der Waals surface area (Å²) in [6.45, 7) is 5.61. The van der Waals surface area contributed by atoms with Gasteiger partial charge in [-0.3, -0.25) is 4.79 Å². The molecular weight excluding hydrogens is 442 g/mol. The van der Waals surface area contributed by atoms with E-state index in [2.05, 4.69) is 17.4 Å². The minimum atomic E-state index is -3.70. The monoisotopic (exact) mass is 475 g/mol. The van der Waals surface area contributed by atoms with Crippen LogP contribution in [0.25, 0.3) is 0 Å². The number of carbonyl (C=O) groups is 2. The number of fused-ring (bicyclic) bond motifs is 1. The second kappa shape index (κ2) is 10.5. The number of hydrogen-bond donors (Lipinski definition) is 1. The molecule has 1 aromatic heterocycles. The number of amides is 1. The average Bonchev–Trinajstić information content (AvgIpc) is 3.20. The van der Waals surface area contributed by atoms with E-state index in [0.29, 0.717) is 13.1 Å². The second-order valence-corrected chi connectivity index (χ2v) is 10.3. The summed E-state index contributed by atoms with van der Waals surface area (Å²) < 4.78 is 33.2. The van der Waals surface area contributed by atoms with Crippen molar-refractivity contribution >= 4 is 21.9 Å². The fraction of sp³-hybridized carbons (Fsp3) is 0.500. The number of carbonyl (C=O) groups excluding carboxylic acids is 2. The Morgan fingerprint density at radius 1 is 1.12 bits per heavy atom. The lowest BCUT2D eigenvalue weighted by atomic mass is 9.89. The zero-order chi connectivity index (χ0) is 24.2. The molecule has 1 heterocycles. The fourth-order valence-electron chi connectivity index (χ4n) is 4.19. The van der Waals surface area contributed by atoms with E-state index >= 15 is 0 Å². The Morgan fingerprint density at radius 2 is 1.79 bits per heavy atom. The van der Waals surface area contributed by atoms with E-state index in [-0.39, 0.29) is 16.6 Å². The van der Waals surface area contributed by atoms with E-state index in [0.717, 1.165) is 18.4 Å². The van der Waals surface area contributed by atoms with E-state index in [1.54, 1.807) is 20.9 Å². The summed E-state index contributed by atoms with van der Waals surface area (Å²) in [4.78, 5) is 24.9. The first-order valence-corrected chi connectivity index (χ1v) is 12.9. The molecule has 1 aliphatic carbocycles. The van der Waals surface area contributed by atoms with Crippen LogP contribution in [0.1, 0.15) is 66.8 Å². The maximum absolute atomic E-state index is 12.7. The number of benzene rings is 1. The van der Waals surface area contributed by atoms with Gasteiger partial charge in [0.1, 0.15) is 10.6 Å². The zero-order valence-electron chi connectivity index (χ0n) is 19.8. The molecule has 0 saturated carbocycles. The molecule has 1 N–H and O–H groups in total. The van der Waals surface area contributed by atoms with E-state index < -0.39 is 28.5 Å². The molecule has 1 amide bonds. The third kappa shape index (κ3) is 5.65. The van der Waals surface area contributed by atoms with Crippen LogP contribution in [0.2, 0.25) is 0 Å². The standard InChI is InChI=1S/C24H33N3O5S/c1-5-27(6-2)33(30,31)21-14-22(26(4)15-21)24(29)32-16-23(28)25-17(3)19-12-11-18-9-7-8-10-20(18)13-19/h11-15,17H,5-10,16H2,1-4H3,(H,25,28). The number of sulfonamides is 1. The van der Waals surface area contributed by atoms with Gasteiger partial charge in [-0.1, -0.05) is 32.0 Å². The SMILES string of the molecule is CCN(CC)S(=O)(=O)c1cc(C(=O)OCC(=O)NC(C)c2ccc3c(c2)CCCC3)n(C)c1. The summed E-state index contributed by atoms with van der Waals surface area (Å²) in [5, 5.41) is 2.86. The minimum Gasteiger partial charge on any atom is -0.451 e. The van der Waals surface area contributed by atoms with Crippen molar-refractivity contribution < 1.29 is 22.7 Å². The van der Waals surface area contributed by atoms with Gasteiger partial charge < -0.3 is 14.6 Å². The predicted molar refractivity (Wildman–Crippen MR) is 125 cm³/mol. The summed E-state index contributed by atoms with van der Waals surface area (Å²) in [5.41, 5.74) is 3.80. The largest absolute Gasteiger partial charge is 0.451 e. The van der Waals surface area contributed by atoms with E-state index in [1.165, 1.54) is 45.1 Å². The highest BCUT2D eigenvalue weighted by Crippen LogP contribution is 2.25. The van der Waals surface area contributed by atoms with Crippen LogP contribution in [0, 0.1) is 0 Å². The normalized spacial score (nSPS) is 14.6. The van der Waals surface area contributed by atoms with Crippen molar-refractivity contribution in [3.63, 3.8) is 0 Å². The summed E-state index contributed by atoms with van der Waals surface area (Å²) in [7, 11) is -2.13. The molecule has 0 fully saturated rings. The van der Waals surface area contributed by atoms with Crippen LogP contribution in [0.15, 0.2) is 35.4 Å².